The van der Waals surface area contributed by atoms with Gasteiger partial charge in [-0.05, 0) is 24.4 Å². The molecule has 1 rings (SSSR count). The van der Waals surface area contributed by atoms with Crippen LogP contribution in [0.2, 0.25) is 25.7 Å². The van der Waals surface area contributed by atoms with Crippen molar-refractivity contribution in [2.24, 2.45) is 5.92 Å². The van der Waals surface area contributed by atoms with E-state index in [4.69, 9.17) is 4.74 Å². The van der Waals surface area contributed by atoms with E-state index in [1.54, 1.807) is 7.11 Å². The minimum absolute atomic E-state index is 0.742. The highest BCUT2D eigenvalue weighted by atomic mass is 28.3. The second-order valence-electron chi connectivity index (χ2n) is 6.52. The summed E-state index contributed by atoms with van der Waals surface area (Å²) in [6, 6.07) is 12.2. The fraction of sp³-hybridized carbons (Fsp3) is 0.625. The molecular weight excluding hydrogens is 250 g/mol. The SMILES string of the molecule is COCCNCC(Cc1ccccc1)C[Si](C)(C)C. The molecule has 0 saturated carbocycles. The molecule has 1 aromatic carbocycles. The third-order valence-electron chi connectivity index (χ3n) is 3.18. The standard InChI is InChI=1S/C16H29NOSi/c1-18-11-10-17-13-16(14-19(2,3)4)12-15-8-6-5-7-9-15/h5-9,16-17H,10-14H2,1-4H3. The van der Waals surface area contributed by atoms with Crippen LogP contribution in [0, 0.1) is 5.92 Å². The van der Waals surface area contributed by atoms with Gasteiger partial charge in [-0.25, -0.2) is 0 Å². The maximum Gasteiger partial charge on any atom is 0.0587 e. The largest absolute Gasteiger partial charge is 0.383 e. The number of methoxy groups -OCH3 is 1. The van der Waals surface area contributed by atoms with Crippen molar-refractivity contribution in [3.8, 4) is 0 Å². The zero-order valence-electron chi connectivity index (χ0n) is 12.9. The van der Waals surface area contributed by atoms with Gasteiger partial charge in [0.05, 0.1) is 6.61 Å². The first-order chi connectivity index (χ1) is 9.01. The minimum Gasteiger partial charge on any atom is -0.383 e. The molecule has 1 unspecified atom stereocenters. The molecule has 19 heavy (non-hydrogen) atoms. The predicted molar refractivity (Wildman–Crippen MR) is 86.5 cm³/mol. The maximum absolute atomic E-state index is 5.09. The van der Waals surface area contributed by atoms with Gasteiger partial charge in [-0.3, -0.25) is 0 Å². The number of hydrogen-bond donors (Lipinski definition) is 1. The van der Waals surface area contributed by atoms with E-state index in [9.17, 15) is 0 Å². The van der Waals surface area contributed by atoms with E-state index in [1.807, 2.05) is 0 Å². The molecule has 0 saturated heterocycles. The Bertz CT molecular complexity index is 334. The second kappa shape index (κ2) is 8.51. The Hall–Kier alpha value is -0.643. The van der Waals surface area contributed by atoms with E-state index in [1.165, 1.54) is 18.0 Å². The van der Waals surface area contributed by atoms with Crippen molar-refractivity contribution in [2.75, 3.05) is 26.8 Å². The predicted octanol–water partition coefficient (Wildman–Crippen LogP) is 3.42. The van der Waals surface area contributed by atoms with E-state index in [0.29, 0.717) is 0 Å². The highest BCUT2D eigenvalue weighted by Gasteiger charge is 2.20. The summed E-state index contributed by atoms with van der Waals surface area (Å²) in [4.78, 5) is 0. The first-order valence-electron chi connectivity index (χ1n) is 7.25. The van der Waals surface area contributed by atoms with E-state index in [-0.39, 0.29) is 0 Å². The minimum atomic E-state index is -1.01. The normalized spacial score (nSPS) is 13.5. The summed E-state index contributed by atoms with van der Waals surface area (Å²) >= 11 is 0. The zero-order chi connectivity index (χ0) is 14.1. The van der Waals surface area contributed by atoms with Crippen LogP contribution >= 0.6 is 0 Å². The number of benzene rings is 1. The molecule has 108 valence electrons. The summed E-state index contributed by atoms with van der Waals surface area (Å²) in [6.07, 6.45) is 1.19. The molecule has 1 atom stereocenters. The molecule has 0 amide bonds. The van der Waals surface area contributed by atoms with Crippen molar-refractivity contribution in [3.05, 3.63) is 35.9 Å². The fourth-order valence-corrected chi connectivity index (χ4v) is 4.53. The van der Waals surface area contributed by atoms with Crippen molar-refractivity contribution >= 4 is 8.07 Å². The zero-order valence-corrected chi connectivity index (χ0v) is 13.9. The van der Waals surface area contributed by atoms with Gasteiger partial charge in [-0.1, -0.05) is 56.0 Å². The van der Waals surface area contributed by atoms with E-state index >= 15 is 0 Å². The maximum atomic E-state index is 5.09. The molecule has 0 heterocycles. The Morgan fingerprint density at radius 1 is 1.16 bits per heavy atom. The van der Waals surface area contributed by atoms with Gasteiger partial charge in [-0.2, -0.15) is 0 Å². The number of nitrogens with one attached hydrogen (secondary N) is 1. The Kier molecular flexibility index (Phi) is 7.35. The summed E-state index contributed by atoms with van der Waals surface area (Å²) in [5.41, 5.74) is 1.46. The van der Waals surface area contributed by atoms with Crippen LogP contribution in [0.3, 0.4) is 0 Å². The van der Waals surface area contributed by atoms with Crippen LogP contribution in [0.25, 0.3) is 0 Å². The van der Waals surface area contributed by atoms with Gasteiger partial charge in [0.1, 0.15) is 0 Å². The van der Waals surface area contributed by atoms with Crippen molar-refractivity contribution in [2.45, 2.75) is 32.1 Å². The molecule has 0 fully saturated rings. The molecule has 0 aliphatic carbocycles. The summed E-state index contributed by atoms with van der Waals surface area (Å²) < 4.78 is 5.09. The van der Waals surface area contributed by atoms with Crippen molar-refractivity contribution in [3.63, 3.8) is 0 Å². The van der Waals surface area contributed by atoms with Crippen LogP contribution in [0.1, 0.15) is 5.56 Å². The van der Waals surface area contributed by atoms with Crippen molar-refractivity contribution in [1.82, 2.24) is 5.32 Å². The van der Waals surface area contributed by atoms with Gasteiger partial charge < -0.3 is 10.1 Å². The molecule has 0 aromatic heterocycles. The fourth-order valence-electron chi connectivity index (χ4n) is 2.51. The van der Waals surface area contributed by atoms with Gasteiger partial charge in [0.25, 0.3) is 0 Å². The van der Waals surface area contributed by atoms with Crippen LogP contribution in [-0.2, 0) is 11.2 Å². The molecule has 0 bridgehead atoms. The number of hydrogen-bond acceptors (Lipinski definition) is 2. The summed E-state index contributed by atoms with van der Waals surface area (Å²) in [5, 5.41) is 3.53. The number of ether oxygens (including phenoxy) is 1. The average Bonchev–Trinajstić information content (AvgIpc) is 2.34. The molecule has 0 radical (unpaired) electrons. The summed E-state index contributed by atoms with van der Waals surface area (Å²) in [5.74, 6) is 0.742. The Balaban J connectivity index is 2.49. The monoisotopic (exact) mass is 279 g/mol. The highest BCUT2D eigenvalue weighted by molar-refractivity contribution is 6.76. The topological polar surface area (TPSA) is 21.3 Å². The van der Waals surface area contributed by atoms with Crippen LogP contribution in [0.4, 0.5) is 0 Å². The van der Waals surface area contributed by atoms with Gasteiger partial charge in [0.2, 0.25) is 0 Å². The lowest BCUT2D eigenvalue weighted by Gasteiger charge is -2.25. The molecule has 3 heteroatoms. The van der Waals surface area contributed by atoms with E-state index in [0.717, 1.165) is 25.6 Å². The Morgan fingerprint density at radius 3 is 2.42 bits per heavy atom. The Labute approximate surface area is 119 Å². The summed E-state index contributed by atoms with van der Waals surface area (Å²) in [6.45, 7) is 10.2. The van der Waals surface area contributed by atoms with Crippen molar-refractivity contribution in [1.29, 1.82) is 0 Å². The number of rotatable bonds is 9. The van der Waals surface area contributed by atoms with Crippen LogP contribution in [-0.4, -0.2) is 34.9 Å². The summed E-state index contributed by atoms with van der Waals surface area (Å²) in [7, 11) is 0.741. The van der Waals surface area contributed by atoms with E-state index in [2.05, 4.69) is 55.3 Å². The molecule has 2 nitrogen and oxygen atoms in total. The van der Waals surface area contributed by atoms with Crippen LogP contribution < -0.4 is 5.32 Å². The quantitative estimate of drug-likeness (QED) is 0.552. The van der Waals surface area contributed by atoms with Crippen molar-refractivity contribution < 1.29 is 4.74 Å². The Morgan fingerprint density at radius 2 is 1.84 bits per heavy atom. The lowest BCUT2D eigenvalue weighted by Crippen LogP contribution is -2.33. The molecule has 0 aliphatic rings. The van der Waals surface area contributed by atoms with Crippen LogP contribution in [0.5, 0.6) is 0 Å². The third-order valence-corrected chi connectivity index (χ3v) is 4.99. The molecule has 1 N–H and O–H groups in total. The van der Waals surface area contributed by atoms with Crippen LogP contribution in [0.15, 0.2) is 30.3 Å². The van der Waals surface area contributed by atoms with Gasteiger partial charge in [-0.15, -0.1) is 0 Å². The highest BCUT2D eigenvalue weighted by Crippen LogP contribution is 2.20. The smallest absolute Gasteiger partial charge is 0.0587 e. The van der Waals surface area contributed by atoms with Gasteiger partial charge >= 0.3 is 0 Å². The first kappa shape index (κ1) is 16.4. The van der Waals surface area contributed by atoms with Gasteiger partial charge in [0.15, 0.2) is 0 Å². The first-order valence-corrected chi connectivity index (χ1v) is 11.0. The van der Waals surface area contributed by atoms with Gasteiger partial charge in [0, 0.05) is 21.7 Å². The lowest BCUT2D eigenvalue weighted by molar-refractivity contribution is 0.198. The molecule has 1 aromatic rings. The molecular formula is C16H29NOSi. The second-order valence-corrected chi connectivity index (χ2v) is 12.0. The van der Waals surface area contributed by atoms with E-state index < -0.39 is 8.07 Å². The molecule has 0 spiro atoms. The average molecular weight is 280 g/mol. The lowest BCUT2D eigenvalue weighted by atomic mass is 10.0. The molecule has 0 aliphatic heterocycles. The third kappa shape index (κ3) is 8.19.